The van der Waals surface area contributed by atoms with Gasteiger partial charge in [0, 0.05) is 17.3 Å². The lowest BCUT2D eigenvalue weighted by Crippen LogP contribution is -2.14. The number of carboxylic acid groups (broad SMARTS) is 1. The SMILES string of the molecule is Cc1ccc(C)c(NC(=O)/C(C#N)=C/c2ccc(-c3ccc(C(=O)O)c(Cl)c3)o2)c1. The number of aromatic carboxylic acids is 1. The molecule has 0 saturated carbocycles. The summed E-state index contributed by atoms with van der Waals surface area (Å²) in [4.78, 5) is 23.6. The second-order valence-corrected chi connectivity index (χ2v) is 7.05. The van der Waals surface area contributed by atoms with E-state index in [1.165, 1.54) is 18.2 Å². The first kappa shape index (κ1) is 20.9. The Morgan fingerprint density at radius 1 is 1.13 bits per heavy atom. The maximum Gasteiger partial charge on any atom is 0.337 e. The van der Waals surface area contributed by atoms with Gasteiger partial charge in [-0.2, -0.15) is 5.26 Å². The second-order valence-electron chi connectivity index (χ2n) is 6.64. The fourth-order valence-electron chi connectivity index (χ4n) is 2.78. The summed E-state index contributed by atoms with van der Waals surface area (Å²) in [5.41, 5.74) is 2.95. The molecule has 0 saturated heterocycles. The molecule has 3 aromatic rings. The highest BCUT2D eigenvalue weighted by molar-refractivity contribution is 6.33. The van der Waals surface area contributed by atoms with E-state index in [4.69, 9.17) is 21.1 Å². The maximum absolute atomic E-state index is 12.5. The summed E-state index contributed by atoms with van der Waals surface area (Å²) in [6.07, 6.45) is 1.34. The van der Waals surface area contributed by atoms with Crippen molar-refractivity contribution in [3.8, 4) is 17.4 Å². The van der Waals surface area contributed by atoms with E-state index >= 15 is 0 Å². The molecule has 0 radical (unpaired) electrons. The molecule has 0 aliphatic heterocycles. The van der Waals surface area contributed by atoms with Crippen molar-refractivity contribution >= 4 is 35.2 Å². The van der Waals surface area contributed by atoms with Gasteiger partial charge in [0.25, 0.3) is 5.91 Å². The number of furan rings is 1. The lowest BCUT2D eigenvalue weighted by atomic mass is 10.1. The molecule has 3 rings (SSSR count). The van der Waals surface area contributed by atoms with Crippen molar-refractivity contribution in [1.82, 2.24) is 0 Å². The summed E-state index contributed by atoms with van der Waals surface area (Å²) in [7, 11) is 0. The minimum absolute atomic E-state index is 0.0121. The first-order chi connectivity index (χ1) is 14.3. The summed E-state index contributed by atoms with van der Waals surface area (Å²) in [6.45, 7) is 3.78. The lowest BCUT2D eigenvalue weighted by molar-refractivity contribution is -0.112. The Kier molecular flexibility index (Phi) is 6.05. The number of amides is 1. The zero-order valence-corrected chi connectivity index (χ0v) is 16.9. The minimum atomic E-state index is -1.12. The normalized spacial score (nSPS) is 11.1. The predicted molar refractivity (Wildman–Crippen MR) is 114 cm³/mol. The van der Waals surface area contributed by atoms with Crippen LogP contribution in [0.15, 0.2) is 58.5 Å². The average Bonchev–Trinajstić information content (AvgIpc) is 3.17. The quantitative estimate of drug-likeness (QED) is 0.421. The lowest BCUT2D eigenvalue weighted by Gasteiger charge is -2.08. The van der Waals surface area contributed by atoms with E-state index in [-0.39, 0.29) is 16.2 Å². The van der Waals surface area contributed by atoms with Crippen molar-refractivity contribution < 1.29 is 19.1 Å². The van der Waals surface area contributed by atoms with Crippen LogP contribution in [0.5, 0.6) is 0 Å². The van der Waals surface area contributed by atoms with Crippen molar-refractivity contribution in [2.45, 2.75) is 13.8 Å². The molecule has 150 valence electrons. The van der Waals surface area contributed by atoms with Crippen molar-refractivity contribution in [3.63, 3.8) is 0 Å². The van der Waals surface area contributed by atoms with Gasteiger partial charge in [0.2, 0.25) is 0 Å². The molecule has 0 spiro atoms. The zero-order chi connectivity index (χ0) is 21.8. The fraction of sp³-hybridized carbons (Fsp3) is 0.0870. The predicted octanol–water partition coefficient (Wildman–Crippen LogP) is 5.46. The van der Waals surface area contributed by atoms with Crippen molar-refractivity contribution in [1.29, 1.82) is 5.26 Å². The topological polar surface area (TPSA) is 103 Å². The number of halogens is 1. The molecule has 2 N–H and O–H groups in total. The summed E-state index contributed by atoms with van der Waals surface area (Å²) >= 11 is 6.00. The summed E-state index contributed by atoms with van der Waals surface area (Å²) in [6, 6.07) is 15.2. The molecule has 30 heavy (non-hydrogen) atoms. The Labute approximate surface area is 178 Å². The highest BCUT2D eigenvalue weighted by Gasteiger charge is 2.14. The Hall–Kier alpha value is -3.82. The van der Waals surface area contributed by atoms with E-state index in [0.717, 1.165) is 11.1 Å². The molecule has 0 atom stereocenters. The first-order valence-corrected chi connectivity index (χ1v) is 9.29. The number of hydrogen-bond acceptors (Lipinski definition) is 4. The number of carbonyl (C=O) groups excluding carboxylic acids is 1. The third-order valence-corrected chi connectivity index (χ3v) is 4.72. The van der Waals surface area contributed by atoms with E-state index in [0.29, 0.717) is 22.8 Å². The average molecular weight is 421 g/mol. The van der Waals surface area contributed by atoms with Gasteiger partial charge in [-0.05, 0) is 55.3 Å². The number of nitriles is 1. The van der Waals surface area contributed by atoms with Gasteiger partial charge in [-0.25, -0.2) is 4.79 Å². The number of benzene rings is 2. The Morgan fingerprint density at radius 2 is 1.90 bits per heavy atom. The Morgan fingerprint density at radius 3 is 2.57 bits per heavy atom. The van der Waals surface area contributed by atoms with E-state index < -0.39 is 11.9 Å². The minimum Gasteiger partial charge on any atom is -0.478 e. The molecule has 7 heteroatoms. The van der Waals surface area contributed by atoms with Gasteiger partial charge in [-0.1, -0.05) is 29.8 Å². The van der Waals surface area contributed by atoms with E-state index in [9.17, 15) is 14.9 Å². The van der Waals surface area contributed by atoms with Gasteiger partial charge in [0.1, 0.15) is 23.2 Å². The molecule has 0 aliphatic rings. The van der Waals surface area contributed by atoms with Gasteiger partial charge < -0.3 is 14.8 Å². The smallest absolute Gasteiger partial charge is 0.337 e. The molecule has 1 heterocycles. The van der Waals surface area contributed by atoms with Crippen molar-refractivity contribution in [3.05, 3.63) is 81.6 Å². The number of aryl methyl sites for hydroxylation is 2. The molecule has 1 amide bonds. The third-order valence-electron chi connectivity index (χ3n) is 4.40. The molecule has 6 nitrogen and oxygen atoms in total. The number of rotatable bonds is 5. The third kappa shape index (κ3) is 4.59. The molecule has 1 aromatic heterocycles. The maximum atomic E-state index is 12.5. The van der Waals surface area contributed by atoms with Crippen LogP contribution >= 0.6 is 11.6 Å². The van der Waals surface area contributed by atoms with Gasteiger partial charge in [0.05, 0.1) is 10.6 Å². The Balaban J connectivity index is 1.84. The van der Waals surface area contributed by atoms with Crippen LogP contribution in [-0.4, -0.2) is 17.0 Å². The molecule has 2 aromatic carbocycles. The fourth-order valence-corrected chi connectivity index (χ4v) is 3.04. The van der Waals surface area contributed by atoms with Crippen LogP contribution in [0.2, 0.25) is 5.02 Å². The Bertz CT molecular complexity index is 1220. The number of hydrogen-bond donors (Lipinski definition) is 2. The molecule has 0 aliphatic carbocycles. The summed E-state index contributed by atoms with van der Waals surface area (Å²) < 4.78 is 5.69. The molecule has 0 fully saturated rings. The number of anilines is 1. The molecule has 0 unspecified atom stereocenters. The largest absolute Gasteiger partial charge is 0.478 e. The van der Waals surface area contributed by atoms with E-state index in [1.807, 2.05) is 38.1 Å². The van der Waals surface area contributed by atoms with Crippen LogP contribution in [0.3, 0.4) is 0 Å². The van der Waals surface area contributed by atoms with Gasteiger partial charge in [-0.3, -0.25) is 4.79 Å². The highest BCUT2D eigenvalue weighted by atomic mass is 35.5. The molecular weight excluding hydrogens is 404 g/mol. The number of nitrogens with zero attached hydrogens (tertiary/aromatic N) is 1. The van der Waals surface area contributed by atoms with E-state index in [2.05, 4.69) is 5.32 Å². The monoisotopic (exact) mass is 420 g/mol. The number of nitrogens with one attached hydrogen (secondary N) is 1. The van der Waals surface area contributed by atoms with Crippen molar-refractivity contribution in [2.75, 3.05) is 5.32 Å². The van der Waals surface area contributed by atoms with Gasteiger partial charge in [0.15, 0.2) is 0 Å². The van der Waals surface area contributed by atoms with Crippen molar-refractivity contribution in [2.24, 2.45) is 0 Å². The summed E-state index contributed by atoms with van der Waals surface area (Å²) in [5, 5.41) is 21.3. The van der Waals surface area contributed by atoms with Crippen LogP contribution in [0, 0.1) is 25.2 Å². The standard InChI is InChI=1S/C23H17ClN2O4/c1-13-3-4-14(2)20(9-13)26-22(27)16(12-25)10-17-6-8-21(30-17)15-5-7-18(23(28)29)19(24)11-15/h3-11H,1-2H3,(H,26,27)(H,28,29)/b16-10+. The van der Waals surface area contributed by atoms with E-state index in [1.54, 1.807) is 18.2 Å². The number of carbonyl (C=O) groups is 2. The van der Waals surface area contributed by atoms with Crippen LogP contribution in [0.25, 0.3) is 17.4 Å². The van der Waals surface area contributed by atoms with Gasteiger partial charge in [-0.15, -0.1) is 0 Å². The summed E-state index contributed by atoms with van der Waals surface area (Å²) in [5.74, 6) is -0.940. The zero-order valence-electron chi connectivity index (χ0n) is 16.2. The second kappa shape index (κ2) is 8.68. The van der Waals surface area contributed by atoms with Crippen LogP contribution in [0.4, 0.5) is 5.69 Å². The van der Waals surface area contributed by atoms with Gasteiger partial charge >= 0.3 is 5.97 Å². The number of carboxylic acids is 1. The first-order valence-electron chi connectivity index (χ1n) is 8.92. The van der Waals surface area contributed by atoms with Crippen LogP contribution in [0.1, 0.15) is 27.2 Å². The molecule has 0 bridgehead atoms. The highest BCUT2D eigenvalue weighted by Crippen LogP contribution is 2.28. The van der Waals surface area contributed by atoms with Crippen LogP contribution in [-0.2, 0) is 4.79 Å². The molecular formula is C23H17ClN2O4. The van der Waals surface area contributed by atoms with Crippen LogP contribution < -0.4 is 5.32 Å².